The highest BCUT2D eigenvalue weighted by Gasteiger charge is 2.26. The average molecular weight is 242 g/mol. The summed E-state index contributed by atoms with van der Waals surface area (Å²) in [6.45, 7) is 10.9. The van der Waals surface area contributed by atoms with Crippen molar-refractivity contribution in [2.75, 3.05) is 44.2 Å². The average Bonchev–Trinajstić information content (AvgIpc) is 2.40. The van der Waals surface area contributed by atoms with E-state index >= 15 is 0 Å². The zero-order chi connectivity index (χ0) is 11.4. The molecule has 1 unspecified atom stereocenters. The molecule has 2 fully saturated rings. The normalized spacial score (nSPS) is 32.2. The molecule has 0 aromatic heterocycles. The third-order valence-corrected chi connectivity index (χ3v) is 4.92. The molecule has 16 heavy (non-hydrogen) atoms. The van der Waals surface area contributed by atoms with Crippen LogP contribution in [0.1, 0.15) is 26.7 Å². The van der Waals surface area contributed by atoms with E-state index in [2.05, 4.69) is 35.8 Å². The van der Waals surface area contributed by atoms with Crippen LogP contribution in [0, 0.1) is 11.3 Å². The Morgan fingerprint density at radius 1 is 1.44 bits per heavy atom. The van der Waals surface area contributed by atoms with Gasteiger partial charge in [0, 0.05) is 32.7 Å². The predicted molar refractivity (Wildman–Crippen MR) is 73.1 cm³/mol. The third kappa shape index (κ3) is 3.94. The van der Waals surface area contributed by atoms with Crippen molar-refractivity contribution in [3.63, 3.8) is 0 Å². The van der Waals surface area contributed by atoms with Crippen LogP contribution in [0.25, 0.3) is 0 Å². The predicted octanol–water partition coefficient (Wildman–Crippen LogP) is 2.06. The van der Waals surface area contributed by atoms with E-state index in [0.717, 1.165) is 5.92 Å². The maximum absolute atomic E-state index is 3.56. The Hall–Kier alpha value is 0.270. The fourth-order valence-corrected chi connectivity index (χ4v) is 4.02. The summed E-state index contributed by atoms with van der Waals surface area (Å²) in [6, 6.07) is 0. The number of nitrogens with zero attached hydrogens (tertiary/aromatic N) is 1. The van der Waals surface area contributed by atoms with Crippen molar-refractivity contribution in [3.05, 3.63) is 0 Å². The second-order valence-electron chi connectivity index (χ2n) is 6.16. The van der Waals surface area contributed by atoms with E-state index in [0.29, 0.717) is 5.41 Å². The molecule has 2 saturated heterocycles. The standard InChI is InChI=1S/C13H26N2S/c1-13(2)10-14-5-6-15(11-13)8-12-4-3-7-16-9-12/h12,14H,3-11H2,1-2H3. The second kappa shape index (κ2) is 5.74. The van der Waals surface area contributed by atoms with E-state index in [1.54, 1.807) is 0 Å². The van der Waals surface area contributed by atoms with Crippen molar-refractivity contribution in [1.82, 2.24) is 10.2 Å². The van der Waals surface area contributed by atoms with Gasteiger partial charge in [-0.2, -0.15) is 11.8 Å². The molecule has 0 aromatic rings. The van der Waals surface area contributed by atoms with Crippen LogP contribution in [0.2, 0.25) is 0 Å². The van der Waals surface area contributed by atoms with Gasteiger partial charge in [-0.3, -0.25) is 0 Å². The van der Waals surface area contributed by atoms with Crippen LogP contribution in [0.3, 0.4) is 0 Å². The fraction of sp³-hybridized carbons (Fsp3) is 1.00. The van der Waals surface area contributed by atoms with Crippen molar-refractivity contribution in [1.29, 1.82) is 0 Å². The van der Waals surface area contributed by atoms with E-state index in [9.17, 15) is 0 Å². The lowest BCUT2D eigenvalue weighted by Crippen LogP contribution is -2.38. The van der Waals surface area contributed by atoms with E-state index in [1.165, 1.54) is 57.1 Å². The zero-order valence-corrected chi connectivity index (χ0v) is 11.6. The number of thioether (sulfide) groups is 1. The first-order chi connectivity index (χ1) is 7.66. The summed E-state index contributed by atoms with van der Waals surface area (Å²) >= 11 is 2.15. The molecule has 2 aliphatic heterocycles. The first-order valence-electron chi connectivity index (χ1n) is 6.66. The van der Waals surface area contributed by atoms with Crippen LogP contribution in [0.4, 0.5) is 0 Å². The van der Waals surface area contributed by atoms with E-state index in [1.807, 2.05) is 0 Å². The van der Waals surface area contributed by atoms with Gasteiger partial charge in [-0.05, 0) is 35.7 Å². The number of rotatable bonds is 2. The minimum atomic E-state index is 0.443. The molecular formula is C13H26N2S. The first-order valence-corrected chi connectivity index (χ1v) is 7.82. The first kappa shape index (κ1) is 12.7. The molecule has 0 amide bonds. The molecule has 0 aromatic carbocycles. The topological polar surface area (TPSA) is 15.3 Å². The Labute approximate surface area is 105 Å². The Kier molecular flexibility index (Phi) is 4.57. The molecule has 0 bridgehead atoms. The van der Waals surface area contributed by atoms with Crippen LogP contribution < -0.4 is 5.32 Å². The highest BCUT2D eigenvalue weighted by Crippen LogP contribution is 2.25. The number of hydrogen-bond acceptors (Lipinski definition) is 3. The summed E-state index contributed by atoms with van der Waals surface area (Å²) in [7, 11) is 0. The second-order valence-corrected chi connectivity index (χ2v) is 7.31. The van der Waals surface area contributed by atoms with Crippen LogP contribution in [0.15, 0.2) is 0 Å². The molecule has 94 valence electrons. The molecule has 0 spiro atoms. The SMILES string of the molecule is CC1(C)CNCCN(CC2CCCSC2)C1. The van der Waals surface area contributed by atoms with Gasteiger partial charge in [0.25, 0.3) is 0 Å². The van der Waals surface area contributed by atoms with Crippen molar-refractivity contribution < 1.29 is 0 Å². The summed E-state index contributed by atoms with van der Waals surface area (Å²) in [5, 5.41) is 3.56. The van der Waals surface area contributed by atoms with E-state index in [4.69, 9.17) is 0 Å². The molecular weight excluding hydrogens is 216 g/mol. The molecule has 0 radical (unpaired) electrons. The minimum Gasteiger partial charge on any atom is -0.315 e. The highest BCUT2D eigenvalue weighted by molar-refractivity contribution is 7.99. The summed E-state index contributed by atoms with van der Waals surface area (Å²) in [5.41, 5.74) is 0.443. The van der Waals surface area contributed by atoms with Gasteiger partial charge >= 0.3 is 0 Å². The van der Waals surface area contributed by atoms with Gasteiger partial charge in [-0.1, -0.05) is 13.8 Å². The molecule has 2 aliphatic rings. The van der Waals surface area contributed by atoms with Gasteiger partial charge in [0.05, 0.1) is 0 Å². The molecule has 2 rings (SSSR count). The van der Waals surface area contributed by atoms with Crippen molar-refractivity contribution in [3.8, 4) is 0 Å². The van der Waals surface area contributed by atoms with E-state index in [-0.39, 0.29) is 0 Å². The van der Waals surface area contributed by atoms with Gasteiger partial charge in [-0.15, -0.1) is 0 Å². The van der Waals surface area contributed by atoms with Crippen molar-refractivity contribution in [2.24, 2.45) is 11.3 Å². The highest BCUT2D eigenvalue weighted by atomic mass is 32.2. The van der Waals surface area contributed by atoms with Crippen LogP contribution >= 0.6 is 11.8 Å². The Bertz CT molecular complexity index is 212. The maximum Gasteiger partial charge on any atom is 0.0107 e. The fourth-order valence-electron chi connectivity index (χ4n) is 2.88. The largest absolute Gasteiger partial charge is 0.315 e. The summed E-state index contributed by atoms with van der Waals surface area (Å²) in [4.78, 5) is 2.69. The third-order valence-electron chi connectivity index (χ3n) is 3.63. The van der Waals surface area contributed by atoms with Gasteiger partial charge in [-0.25, -0.2) is 0 Å². The Balaban J connectivity index is 1.82. The molecule has 1 atom stereocenters. The van der Waals surface area contributed by atoms with Gasteiger partial charge in [0.15, 0.2) is 0 Å². The monoisotopic (exact) mass is 242 g/mol. The lowest BCUT2D eigenvalue weighted by atomic mass is 9.92. The molecule has 2 heterocycles. The van der Waals surface area contributed by atoms with Crippen molar-refractivity contribution >= 4 is 11.8 Å². The van der Waals surface area contributed by atoms with Gasteiger partial charge < -0.3 is 10.2 Å². The molecule has 0 saturated carbocycles. The van der Waals surface area contributed by atoms with Gasteiger partial charge in [0.2, 0.25) is 0 Å². The Morgan fingerprint density at radius 2 is 2.31 bits per heavy atom. The maximum atomic E-state index is 3.56. The Morgan fingerprint density at radius 3 is 3.06 bits per heavy atom. The quantitative estimate of drug-likeness (QED) is 0.798. The molecule has 1 N–H and O–H groups in total. The number of nitrogens with one attached hydrogen (secondary N) is 1. The van der Waals surface area contributed by atoms with Crippen LogP contribution in [0.5, 0.6) is 0 Å². The number of hydrogen-bond donors (Lipinski definition) is 1. The lowest BCUT2D eigenvalue weighted by molar-refractivity contribution is 0.182. The van der Waals surface area contributed by atoms with Crippen molar-refractivity contribution in [2.45, 2.75) is 26.7 Å². The smallest absolute Gasteiger partial charge is 0.0107 e. The van der Waals surface area contributed by atoms with Crippen LogP contribution in [-0.2, 0) is 0 Å². The summed E-state index contributed by atoms with van der Waals surface area (Å²) in [5.74, 6) is 3.74. The van der Waals surface area contributed by atoms with E-state index < -0.39 is 0 Å². The molecule has 2 nitrogen and oxygen atoms in total. The lowest BCUT2D eigenvalue weighted by Gasteiger charge is -2.32. The summed E-state index contributed by atoms with van der Waals surface area (Å²) in [6.07, 6.45) is 2.89. The van der Waals surface area contributed by atoms with Crippen LogP contribution in [-0.4, -0.2) is 49.1 Å². The molecule has 0 aliphatic carbocycles. The zero-order valence-electron chi connectivity index (χ0n) is 10.8. The molecule has 3 heteroatoms. The van der Waals surface area contributed by atoms with Gasteiger partial charge in [0.1, 0.15) is 0 Å². The minimum absolute atomic E-state index is 0.443. The summed E-state index contributed by atoms with van der Waals surface area (Å²) < 4.78 is 0.